The SMILES string of the molecule is CCN1C(=O)NC(=O)C(=Cc2cn(CCOc3ccc4c(c3)OCO4)c3ccccc23)C1=O. The molecule has 9 heteroatoms. The van der Waals surface area contributed by atoms with Gasteiger partial charge in [0.2, 0.25) is 6.79 Å². The second-order valence-electron chi connectivity index (χ2n) is 7.53. The Balaban J connectivity index is 1.39. The molecule has 1 saturated heterocycles. The first-order valence-electron chi connectivity index (χ1n) is 10.5. The van der Waals surface area contributed by atoms with E-state index in [1.54, 1.807) is 13.0 Å². The molecular formula is C24H21N3O6. The number of carbonyl (C=O) groups is 3. The molecule has 0 radical (unpaired) electrons. The molecule has 2 aliphatic rings. The number of nitrogens with zero attached hydrogens (tertiary/aromatic N) is 2. The summed E-state index contributed by atoms with van der Waals surface area (Å²) in [7, 11) is 0. The van der Waals surface area contributed by atoms with Crippen LogP contribution in [-0.2, 0) is 16.1 Å². The number of benzene rings is 2. The quantitative estimate of drug-likeness (QED) is 0.461. The molecule has 33 heavy (non-hydrogen) atoms. The monoisotopic (exact) mass is 447 g/mol. The summed E-state index contributed by atoms with van der Waals surface area (Å²) < 4.78 is 18.6. The highest BCUT2D eigenvalue weighted by atomic mass is 16.7. The number of nitrogens with one attached hydrogen (secondary N) is 1. The molecule has 5 rings (SSSR count). The minimum Gasteiger partial charge on any atom is -0.492 e. The van der Waals surface area contributed by atoms with Gasteiger partial charge in [-0.2, -0.15) is 0 Å². The van der Waals surface area contributed by atoms with E-state index in [1.165, 1.54) is 6.08 Å². The van der Waals surface area contributed by atoms with E-state index in [9.17, 15) is 14.4 Å². The van der Waals surface area contributed by atoms with Gasteiger partial charge in [-0.3, -0.25) is 19.8 Å². The third kappa shape index (κ3) is 3.78. The van der Waals surface area contributed by atoms with Crippen LogP contribution < -0.4 is 19.5 Å². The van der Waals surface area contributed by atoms with Gasteiger partial charge in [0.1, 0.15) is 17.9 Å². The number of para-hydroxylation sites is 1. The highest BCUT2D eigenvalue weighted by molar-refractivity contribution is 6.31. The number of hydrogen-bond acceptors (Lipinski definition) is 6. The topological polar surface area (TPSA) is 99.1 Å². The average Bonchev–Trinajstić information content (AvgIpc) is 3.41. The lowest BCUT2D eigenvalue weighted by Crippen LogP contribution is -2.53. The van der Waals surface area contributed by atoms with Crippen LogP contribution in [0.3, 0.4) is 0 Å². The zero-order chi connectivity index (χ0) is 22.9. The molecule has 4 amide bonds. The van der Waals surface area contributed by atoms with E-state index in [4.69, 9.17) is 14.2 Å². The summed E-state index contributed by atoms with van der Waals surface area (Å²) in [5.41, 5.74) is 1.57. The van der Waals surface area contributed by atoms with Crippen molar-refractivity contribution in [2.24, 2.45) is 0 Å². The Morgan fingerprint density at radius 3 is 2.76 bits per heavy atom. The first-order chi connectivity index (χ1) is 16.0. The highest BCUT2D eigenvalue weighted by Gasteiger charge is 2.34. The normalized spacial score (nSPS) is 16.6. The Labute approximate surface area is 189 Å². The van der Waals surface area contributed by atoms with Gasteiger partial charge in [-0.25, -0.2) is 4.79 Å². The number of carbonyl (C=O) groups excluding carboxylic acids is 3. The van der Waals surface area contributed by atoms with Crippen LogP contribution >= 0.6 is 0 Å². The number of imide groups is 2. The van der Waals surface area contributed by atoms with E-state index >= 15 is 0 Å². The minimum atomic E-state index is -0.701. The standard InChI is InChI=1S/C24H21N3O6/c1-2-27-23(29)18(22(28)25-24(27)30)11-15-13-26(19-6-4-3-5-17(15)19)9-10-31-16-7-8-20-21(12-16)33-14-32-20/h3-8,11-13H,2,9-10,14H2,1H3,(H,25,28,30). The molecule has 0 spiro atoms. The van der Waals surface area contributed by atoms with Crippen LogP contribution in [-0.4, -0.2) is 47.3 Å². The average molecular weight is 447 g/mol. The van der Waals surface area contributed by atoms with Crippen molar-refractivity contribution >= 4 is 34.8 Å². The molecule has 3 aromatic rings. The Morgan fingerprint density at radius 2 is 1.91 bits per heavy atom. The molecule has 1 aromatic heterocycles. The number of aromatic nitrogens is 1. The molecule has 0 bridgehead atoms. The predicted molar refractivity (Wildman–Crippen MR) is 119 cm³/mol. The molecule has 1 fully saturated rings. The summed E-state index contributed by atoms with van der Waals surface area (Å²) in [4.78, 5) is 37.9. The molecular weight excluding hydrogens is 426 g/mol. The number of barbiturate groups is 1. The third-order valence-electron chi connectivity index (χ3n) is 5.57. The van der Waals surface area contributed by atoms with Gasteiger partial charge >= 0.3 is 6.03 Å². The lowest BCUT2D eigenvalue weighted by Gasteiger charge is -2.24. The van der Waals surface area contributed by atoms with Gasteiger partial charge in [0.05, 0.1) is 6.54 Å². The number of urea groups is 1. The molecule has 168 valence electrons. The zero-order valence-electron chi connectivity index (χ0n) is 17.9. The fraction of sp³-hybridized carbons (Fsp3) is 0.208. The van der Waals surface area contributed by atoms with Gasteiger partial charge in [-0.15, -0.1) is 0 Å². The second-order valence-corrected chi connectivity index (χ2v) is 7.53. The molecule has 0 atom stereocenters. The molecule has 0 saturated carbocycles. The van der Waals surface area contributed by atoms with Crippen LogP contribution in [0.1, 0.15) is 12.5 Å². The van der Waals surface area contributed by atoms with Crippen molar-refractivity contribution < 1.29 is 28.6 Å². The van der Waals surface area contributed by atoms with E-state index in [0.717, 1.165) is 15.8 Å². The summed E-state index contributed by atoms with van der Waals surface area (Å²) in [5, 5.41) is 3.10. The number of hydrogen-bond donors (Lipinski definition) is 1. The summed E-state index contributed by atoms with van der Waals surface area (Å²) in [6, 6.07) is 12.4. The maximum atomic E-state index is 12.7. The van der Waals surface area contributed by atoms with E-state index in [-0.39, 0.29) is 18.9 Å². The van der Waals surface area contributed by atoms with Crippen molar-refractivity contribution in [2.45, 2.75) is 13.5 Å². The maximum absolute atomic E-state index is 12.7. The fourth-order valence-electron chi connectivity index (χ4n) is 3.94. The van der Waals surface area contributed by atoms with Crippen molar-refractivity contribution in [2.75, 3.05) is 19.9 Å². The molecule has 0 unspecified atom stereocenters. The highest BCUT2D eigenvalue weighted by Crippen LogP contribution is 2.35. The van der Waals surface area contributed by atoms with Crippen LogP contribution in [0.5, 0.6) is 17.2 Å². The van der Waals surface area contributed by atoms with Crippen molar-refractivity contribution in [1.29, 1.82) is 0 Å². The number of fused-ring (bicyclic) bond motifs is 2. The summed E-state index contributed by atoms with van der Waals surface area (Å²) >= 11 is 0. The minimum absolute atomic E-state index is 0.0732. The Kier molecular flexibility index (Phi) is 5.21. The van der Waals surface area contributed by atoms with E-state index < -0.39 is 17.8 Å². The molecule has 1 N–H and O–H groups in total. The molecule has 9 nitrogen and oxygen atoms in total. The first-order valence-corrected chi connectivity index (χ1v) is 10.5. The number of likely N-dealkylation sites (N-methyl/N-ethyl adjacent to an activating group) is 1. The summed E-state index contributed by atoms with van der Waals surface area (Å²) in [6.07, 6.45) is 3.40. The summed E-state index contributed by atoms with van der Waals surface area (Å²) in [5.74, 6) is 0.725. The zero-order valence-corrected chi connectivity index (χ0v) is 17.9. The predicted octanol–water partition coefficient (Wildman–Crippen LogP) is 2.93. The Bertz CT molecular complexity index is 1310. The van der Waals surface area contributed by atoms with Gasteiger partial charge in [0.15, 0.2) is 11.5 Å². The van der Waals surface area contributed by atoms with Gasteiger partial charge in [0.25, 0.3) is 11.8 Å². The molecule has 2 aromatic carbocycles. The smallest absolute Gasteiger partial charge is 0.331 e. The van der Waals surface area contributed by atoms with Crippen LogP contribution in [0, 0.1) is 0 Å². The number of ether oxygens (including phenoxy) is 3. The molecule has 3 heterocycles. The van der Waals surface area contributed by atoms with Gasteiger partial charge in [-0.1, -0.05) is 18.2 Å². The van der Waals surface area contributed by atoms with Gasteiger partial charge in [0, 0.05) is 35.3 Å². The van der Waals surface area contributed by atoms with Crippen molar-refractivity contribution in [3.05, 3.63) is 59.8 Å². The number of rotatable bonds is 6. The molecule has 0 aliphatic carbocycles. The first kappa shape index (κ1) is 20.6. The Hall–Kier alpha value is -4.27. The third-order valence-corrected chi connectivity index (χ3v) is 5.57. The van der Waals surface area contributed by atoms with Crippen molar-refractivity contribution in [1.82, 2.24) is 14.8 Å². The van der Waals surface area contributed by atoms with Crippen molar-refractivity contribution in [3.63, 3.8) is 0 Å². The Morgan fingerprint density at radius 1 is 1.09 bits per heavy atom. The number of amides is 4. The van der Waals surface area contributed by atoms with Crippen molar-refractivity contribution in [3.8, 4) is 17.2 Å². The van der Waals surface area contributed by atoms with E-state index in [1.807, 2.05) is 47.2 Å². The second kappa shape index (κ2) is 8.34. The molecule has 2 aliphatic heterocycles. The van der Waals surface area contributed by atoms with E-state index in [2.05, 4.69) is 5.32 Å². The largest absolute Gasteiger partial charge is 0.492 e. The van der Waals surface area contributed by atoms with Crippen LogP contribution in [0.25, 0.3) is 17.0 Å². The van der Waals surface area contributed by atoms with Crippen LogP contribution in [0.15, 0.2) is 54.2 Å². The van der Waals surface area contributed by atoms with Crippen LogP contribution in [0.2, 0.25) is 0 Å². The van der Waals surface area contributed by atoms with Gasteiger partial charge < -0.3 is 18.8 Å². The van der Waals surface area contributed by atoms with Crippen LogP contribution in [0.4, 0.5) is 4.79 Å². The fourth-order valence-corrected chi connectivity index (χ4v) is 3.94. The summed E-state index contributed by atoms with van der Waals surface area (Å²) in [6.45, 7) is 2.99. The lowest BCUT2D eigenvalue weighted by molar-refractivity contribution is -0.129. The lowest BCUT2D eigenvalue weighted by atomic mass is 10.1. The maximum Gasteiger partial charge on any atom is 0.331 e. The van der Waals surface area contributed by atoms with Gasteiger partial charge in [-0.05, 0) is 31.2 Å². The van der Waals surface area contributed by atoms with E-state index in [0.29, 0.717) is 36.0 Å².